The highest BCUT2D eigenvalue weighted by Crippen LogP contribution is 2.45. The molecule has 0 spiro atoms. The van der Waals surface area contributed by atoms with E-state index in [0.29, 0.717) is 25.1 Å². The molecule has 0 bridgehead atoms. The highest BCUT2D eigenvalue weighted by Gasteiger charge is 2.61. The van der Waals surface area contributed by atoms with Gasteiger partial charge in [-0.25, -0.2) is 18.2 Å². The summed E-state index contributed by atoms with van der Waals surface area (Å²) in [5, 5.41) is 7.21. The number of aromatic nitrogens is 1. The zero-order valence-corrected chi connectivity index (χ0v) is 28.0. The first kappa shape index (κ1) is 34.1. The number of nitrogens with one attached hydrogen (secondary N) is 3. The molecular weight excluding hydrogens is 626 g/mol. The van der Waals surface area contributed by atoms with Crippen LogP contribution in [0.15, 0.2) is 48.7 Å². The Morgan fingerprint density at radius 1 is 1.11 bits per heavy atom. The maximum Gasteiger partial charge on any atom is 0.408 e. The summed E-state index contributed by atoms with van der Waals surface area (Å²) in [4.78, 5) is 60.2. The Bertz CT molecular complexity index is 1670. The lowest BCUT2D eigenvalue weighted by Gasteiger charge is -2.30. The quantitative estimate of drug-likeness (QED) is 0.405. The highest BCUT2D eigenvalue weighted by molar-refractivity contribution is 7.89. The standard InChI is InChI=1S/C33H43N5O8S/c1-32(2,3)46-31(42)35-25-15-9-7-5-6-8-13-22-19-33(22,30(41)37-47(4,43)44)36-27(39)26-18-23(20-38(26)29(25)40)45-28-24-14-11-10-12-21(24)16-17-34-28/h8,10-14,16-17,22-23,25-26H,5-7,9,15,18-20H2,1-4H3,(H,35,42)(H,36,39)(H,37,41)/t22-,23-,25+,26+,33-/m1/s1. The fourth-order valence-electron chi connectivity index (χ4n) is 6.22. The molecule has 13 nitrogen and oxygen atoms in total. The molecule has 3 N–H and O–H groups in total. The normalized spacial score (nSPS) is 27.0. The van der Waals surface area contributed by atoms with E-state index >= 15 is 0 Å². The lowest BCUT2D eigenvalue weighted by Crippen LogP contribution is -2.58. The van der Waals surface area contributed by atoms with E-state index in [1.807, 2.05) is 47.2 Å². The Hall–Kier alpha value is -4.20. The van der Waals surface area contributed by atoms with Gasteiger partial charge in [0.1, 0.15) is 29.3 Å². The Labute approximate surface area is 274 Å². The molecule has 47 heavy (non-hydrogen) atoms. The maximum atomic E-state index is 14.2. The predicted molar refractivity (Wildman–Crippen MR) is 174 cm³/mol. The van der Waals surface area contributed by atoms with Crippen LogP contribution >= 0.6 is 0 Å². The highest BCUT2D eigenvalue weighted by atomic mass is 32.2. The number of amides is 4. The number of hydrogen-bond acceptors (Lipinski definition) is 9. The van der Waals surface area contributed by atoms with Gasteiger partial charge in [0.15, 0.2) is 0 Å². The summed E-state index contributed by atoms with van der Waals surface area (Å²) >= 11 is 0. The van der Waals surface area contributed by atoms with E-state index in [-0.39, 0.29) is 19.4 Å². The van der Waals surface area contributed by atoms with Crippen LogP contribution in [0.2, 0.25) is 0 Å². The number of alkyl carbamates (subject to hydrolysis) is 1. The first-order chi connectivity index (χ1) is 22.1. The van der Waals surface area contributed by atoms with E-state index in [1.165, 1.54) is 4.90 Å². The average molecular weight is 670 g/mol. The molecule has 3 heterocycles. The minimum atomic E-state index is -3.91. The zero-order valence-electron chi connectivity index (χ0n) is 27.2. The van der Waals surface area contributed by atoms with Gasteiger partial charge in [-0.05, 0) is 64.0 Å². The molecule has 1 saturated heterocycles. The average Bonchev–Trinajstić information content (AvgIpc) is 3.51. The SMILES string of the molecule is CC(C)(C)OC(=O)N[C@H]1CCCCCC=C[C@@H]2C[C@@]2(C(=O)NS(C)(=O)=O)NC(=O)[C@@H]2C[C@@H](Oc3nccc4ccccc34)CN2C1=O. The molecule has 1 saturated carbocycles. The van der Waals surface area contributed by atoms with Crippen LogP contribution in [0, 0.1) is 5.92 Å². The second-order valence-electron chi connectivity index (χ2n) is 13.6. The molecule has 1 aromatic carbocycles. The summed E-state index contributed by atoms with van der Waals surface area (Å²) in [6, 6.07) is 7.35. The van der Waals surface area contributed by atoms with Gasteiger partial charge in [-0.15, -0.1) is 0 Å². The third-order valence-electron chi connectivity index (χ3n) is 8.53. The fourth-order valence-corrected chi connectivity index (χ4v) is 6.74. The number of ether oxygens (including phenoxy) is 2. The second kappa shape index (κ2) is 13.5. The van der Waals surface area contributed by atoms with Crippen molar-refractivity contribution in [1.29, 1.82) is 0 Å². The zero-order chi connectivity index (χ0) is 34.0. The van der Waals surface area contributed by atoms with E-state index in [0.717, 1.165) is 29.9 Å². The second-order valence-corrected chi connectivity index (χ2v) is 15.3. The van der Waals surface area contributed by atoms with Gasteiger partial charge < -0.3 is 25.0 Å². The number of allylic oxidation sites excluding steroid dienone is 1. The smallest absolute Gasteiger partial charge is 0.408 e. The fraction of sp³-hybridized carbons (Fsp3) is 0.545. The van der Waals surface area contributed by atoms with Gasteiger partial charge in [0, 0.05) is 23.9 Å². The molecular formula is C33H43N5O8S. The number of sulfonamides is 1. The van der Waals surface area contributed by atoms with Gasteiger partial charge in [0.25, 0.3) is 5.91 Å². The maximum absolute atomic E-state index is 14.2. The summed E-state index contributed by atoms with van der Waals surface area (Å²) in [6.45, 7) is 5.19. The molecule has 1 aliphatic carbocycles. The molecule has 2 aliphatic heterocycles. The molecule has 254 valence electrons. The molecule has 0 radical (unpaired) electrons. The van der Waals surface area contributed by atoms with Crippen molar-refractivity contribution in [1.82, 2.24) is 25.2 Å². The Morgan fingerprint density at radius 2 is 1.87 bits per heavy atom. The van der Waals surface area contributed by atoms with Crippen molar-refractivity contribution in [2.45, 2.75) is 95.0 Å². The Kier molecular flexibility index (Phi) is 9.81. The lowest BCUT2D eigenvalue weighted by atomic mass is 10.0. The third kappa shape index (κ3) is 8.40. The van der Waals surface area contributed by atoms with Crippen LogP contribution in [-0.4, -0.2) is 84.2 Å². The number of rotatable bonds is 5. The van der Waals surface area contributed by atoms with Crippen molar-refractivity contribution in [3.05, 3.63) is 48.7 Å². The first-order valence-corrected chi connectivity index (χ1v) is 17.9. The number of fused-ring (bicyclic) bond motifs is 3. The van der Waals surface area contributed by atoms with Crippen molar-refractivity contribution >= 4 is 44.6 Å². The Balaban J connectivity index is 1.47. The van der Waals surface area contributed by atoms with Crippen molar-refractivity contribution in [2.24, 2.45) is 5.92 Å². The molecule has 0 unspecified atom stereocenters. The van der Waals surface area contributed by atoms with E-state index in [2.05, 4.69) is 15.6 Å². The molecule has 5 rings (SSSR count). The van der Waals surface area contributed by atoms with E-state index in [4.69, 9.17) is 9.47 Å². The van der Waals surface area contributed by atoms with Gasteiger partial charge >= 0.3 is 6.09 Å². The summed E-state index contributed by atoms with van der Waals surface area (Å²) in [5.41, 5.74) is -2.28. The number of nitrogens with zero attached hydrogens (tertiary/aromatic N) is 2. The molecule has 2 fully saturated rings. The van der Waals surface area contributed by atoms with Crippen molar-refractivity contribution in [2.75, 3.05) is 12.8 Å². The van der Waals surface area contributed by atoms with Gasteiger partial charge in [0.2, 0.25) is 27.7 Å². The molecule has 2 aromatic rings. The van der Waals surface area contributed by atoms with Gasteiger partial charge in [0.05, 0.1) is 12.8 Å². The first-order valence-electron chi connectivity index (χ1n) is 16.0. The van der Waals surface area contributed by atoms with Crippen LogP contribution in [0.1, 0.15) is 65.7 Å². The lowest BCUT2D eigenvalue weighted by molar-refractivity contribution is -0.141. The molecule has 1 aromatic heterocycles. The van der Waals surface area contributed by atoms with Crippen LogP contribution in [0.25, 0.3) is 10.8 Å². The van der Waals surface area contributed by atoms with Gasteiger partial charge in [-0.1, -0.05) is 43.2 Å². The number of carbonyl (C=O) groups excluding carboxylic acids is 4. The Morgan fingerprint density at radius 3 is 2.62 bits per heavy atom. The van der Waals surface area contributed by atoms with Crippen molar-refractivity contribution in [3.63, 3.8) is 0 Å². The number of pyridine rings is 1. The molecule has 4 amide bonds. The van der Waals surface area contributed by atoms with E-state index in [1.54, 1.807) is 27.0 Å². The molecule has 5 atom stereocenters. The number of hydrogen-bond donors (Lipinski definition) is 3. The van der Waals surface area contributed by atoms with E-state index in [9.17, 15) is 27.6 Å². The van der Waals surface area contributed by atoms with Crippen LogP contribution in [-0.2, 0) is 29.1 Å². The summed E-state index contributed by atoms with van der Waals surface area (Å²) in [6.07, 6.45) is 8.37. The van der Waals surface area contributed by atoms with Crippen LogP contribution < -0.4 is 20.1 Å². The third-order valence-corrected chi connectivity index (χ3v) is 9.09. The van der Waals surface area contributed by atoms with Crippen molar-refractivity contribution < 1.29 is 37.1 Å². The van der Waals surface area contributed by atoms with E-state index < -0.39 is 69.1 Å². The predicted octanol–water partition coefficient (Wildman–Crippen LogP) is 2.95. The largest absolute Gasteiger partial charge is 0.472 e. The summed E-state index contributed by atoms with van der Waals surface area (Å²) < 4.78 is 37.8. The van der Waals surface area contributed by atoms with Crippen LogP contribution in [0.5, 0.6) is 5.88 Å². The number of benzene rings is 1. The van der Waals surface area contributed by atoms with Crippen LogP contribution in [0.4, 0.5) is 4.79 Å². The number of carbonyl (C=O) groups is 4. The topological polar surface area (TPSA) is 173 Å². The molecule has 3 aliphatic rings. The minimum Gasteiger partial charge on any atom is -0.472 e. The van der Waals surface area contributed by atoms with Crippen molar-refractivity contribution in [3.8, 4) is 5.88 Å². The molecule has 14 heteroatoms. The summed E-state index contributed by atoms with van der Waals surface area (Å²) in [5.74, 6) is -2.01. The summed E-state index contributed by atoms with van der Waals surface area (Å²) in [7, 11) is -3.91. The van der Waals surface area contributed by atoms with Gasteiger partial charge in [-0.3, -0.25) is 19.1 Å². The minimum absolute atomic E-state index is 0.0141. The van der Waals surface area contributed by atoms with Crippen LogP contribution in [0.3, 0.4) is 0 Å². The monoisotopic (exact) mass is 669 g/mol. The van der Waals surface area contributed by atoms with Gasteiger partial charge in [-0.2, -0.15) is 0 Å².